The largest absolute Gasteiger partial charge is 0.444 e. The van der Waals surface area contributed by atoms with Crippen molar-refractivity contribution >= 4 is 30.7 Å². The van der Waals surface area contributed by atoms with Crippen LogP contribution in [0.1, 0.15) is 29.6 Å². The molecule has 5 nitrogen and oxygen atoms in total. The van der Waals surface area contributed by atoms with Crippen LogP contribution >= 0.6 is 24.8 Å². The summed E-state index contributed by atoms with van der Waals surface area (Å²) >= 11 is 0. The highest BCUT2D eigenvalue weighted by molar-refractivity contribution is 5.94. The summed E-state index contributed by atoms with van der Waals surface area (Å²) in [5.41, 5.74) is 1.67. The van der Waals surface area contributed by atoms with E-state index in [0.717, 1.165) is 49.5 Å². The zero-order valence-electron chi connectivity index (χ0n) is 14.3. The van der Waals surface area contributed by atoms with Crippen molar-refractivity contribution in [3.05, 3.63) is 42.4 Å². The number of carbonyl (C=O) groups excluding carboxylic acids is 1. The zero-order chi connectivity index (χ0) is 16.1. The third-order valence-electron chi connectivity index (χ3n) is 4.55. The van der Waals surface area contributed by atoms with E-state index in [1.54, 1.807) is 6.20 Å². The number of nitrogens with zero attached hydrogens (tertiary/aromatic N) is 2. The summed E-state index contributed by atoms with van der Waals surface area (Å²) in [6, 6.07) is 7.56. The van der Waals surface area contributed by atoms with E-state index in [4.69, 9.17) is 4.42 Å². The molecule has 0 saturated carbocycles. The second-order valence-corrected chi connectivity index (χ2v) is 6.07. The van der Waals surface area contributed by atoms with Crippen molar-refractivity contribution in [1.82, 2.24) is 15.2 Å². The fourth-order valence-corrected chi connectivity index (χ4v) is 3.09. The Labute approximate surface area is 161 Å². The molecule has 0 atom stereocenters. The minimum absolute atomic E-state index is 0. The van der Waals surface area contributed by atoms with E-state index >= 15 is 0 Å². The van der Waals surface area contributed by atoms with Crippen LogP contribution in [0.5, 0.6) is 0 Å². The second-order valence-electron chi connectivity index (χ2n) is 6.07. The molecule has 1 aromatic carbocycles. The molecule has 0 spiro atoms. The Bertz CT molecular complexity index is 624. The number of carbonyl (C=O) groups is 1. The number of halogens is 2. The first-order valence-corrected chi connectivity index (χ1v) is 8.20. The van der Waals surface area contributed by atoms with Gasteiger partial charge in [-0.15, -0.1) is 24.8 Å². The van der Waals surface area contributed by atoms with Crippen molar-refractivity contribution < 1.29 is 9.21 Å². The van der Waals surface area contributed by atoms with Crippen molar-refractivity contribution in [3.63, 3.8) is 0 Å². The highest BCUT2D eigenvalue weighted by Gasteiger charge is 2.23. The van der Waals surface area contributed by atoms with Crippen LogP contribution in [0.2, 0.25) is 0 Å². The summed E-state index contributed by atoms with van der Waals surface area (Å²) < 4.78 is 5.27. The molecule has 0 aliphatic carbocycles. The summed E-state index contributed by atoms with van der Waals surface area (Å²) in [6.07, 6.45) is 6.48. The molecule has 1 aliphatic heterocycles. The fraction of sp³-hybridized carbons (Fsp3) is 0.444. The molecule has 1 saturated heterocycles. The number of nitrogens with one attached hydrogen (secondary N) is 1. The number of hydrogen-bond acceptors (Lipinski definition) is 4. The minimum atomic E-state index is 0. The highest BCUT2D eigenvalue weighted by atomic mass is 35.5. The molecule has 25 heavy (non-hydrogen) atoms. The lowest BCUT2D eigenvalue weighted by atomic mass is 9.93. The standard InChI is InChI=1S/C18H23N3O2.2ClH/c1-19-9-6-14-7-10-21(11-8-14)18(22)16-4-2-15(3-5-16)17-12-20-13-23-17;;/h2-5,12-14,19H,6-11H2,1H3;2*1H. The van der Waals surface area contributed by atoms with E-state index in [1.807, 2.05) is 36.2 Å². The topological polar surface area (TPSA) is 58.4 Å². The molecule has 2 heterocycles. The number of aromatic nitrogens is 1. The summed E-state index contributed by atoms with van der Waals surface area (Å²) in [6.45, 7) is 2.77. The van der Waals surface area contributed by atoms with Gasteiger partial charge in [0.1, 0.15) is 0 Å². The molecule has 1 aliphatic rings. The van der Waals surface area contributed by atoms with Gasteiger partial charge in [0.15, 0.2) is 12.2 Å². The molecular formula is C18H25Cl2N3O2. The van der Waals surface area contributed by atoms with Gasteiger partial charge in [-0.25, -0.2) is 4.98 Å². The van der Waals surface area contributed by atoms with Gasteiger partial charge in [-0.2, -0.15) is 0 Å². The number of rotatable bonds is 5. The van der Waals surface area contributed by atoms with Gasteiger partial charge < -0.3 is 14.6 Å². The molecule has 1 aromatic heterocycles. The van der Waals surface area contributed by atoms with Crippen LogP contribution in [0.15, 0.2) is 41.3 Å². The SMILES string of the molecule is CNCCC1CCN(C(=O)c2ccc(-c3cnco3)cc2)CC1.Cl.Cl. The number of oxazole rings is 1. The summed E-state index contributed by atoms with van der Waals surface area (Å²) in [5.74, 6) is 1.58. The molecule has 1 amide bonds. The molecule has 1 N–H and O–H groups in total. The predicted molar refractivity (Wildman–Crippen MR) is 104 cm³/mol. The molecule has 2 aromatic rings. The van der Waals surface area contributed by atoms with Crippen molar-refractivity contribution in [2.45, 2.75) is 19.3 Å². The van der Waals surface area contributed by atoms with Crippen LogP contribution in [0.25, 0.3) is 11.3 Å². The van der Waals surface area contributed by atoms with E-state index in [0.29, 0.717) is 5.76 Å². The number of hydrogen-bond donors (Lipinski definition) is 1. The number of benzene rings is 1. The normalized spacial score (nSPS) is 14.5. The van der Waals surface area contributed by atoms with Gasteiger partial charge in [0, 0.05) is 24.2 Å². The third kappa shape index (κ3) is 5.46. The maximum absolute atomic E-state index is 12.6. The van der Waals surface area contributed by atoms with Gasteiger partial charge in [0.05, 0.1) is 6.20 Å². The molecule has 0 unspecified atom stereocenters. The Balaban J connectivity index is 0.00000156. The second kappa shape index (κ2) is 10.4. The van der Waals surface area contributed by atoms with Crippen molar-refractivity contribution in [2.75, 3.05) is 26.7 Å². The van der Waals surface area contributed by atoms with E-state index in [1.165, 1.54) is 12.8 Å². The minimum Gasteiger partial charge on any atom is -0.444 e. The van der Waals surface area contributed by atoms with Crippen LogP contribution in [0.3, 0.4) is 0 Å². The first-order valence-electron chi connectivity index (χ1n) is 8.20. The lowest BCUT2D eigenvalue weighted by Crippen LogP contribution is -2.38. The number of likely N-dealkylation sites (tertiary alicyclic amines) is 1. The molecule has 0 bridgehead atoms. The highest BCUT2D eigenvalue weighted by Crippen LogP contribution is 2.23. The molecule has 1 fully saturated rings. The average Bonchev–Trinajstić information content (AvgIpc) is 3.14. The van der Waals surface area contributed by atoms with Gasteiger partial charge in [0.25, 0.3) is 5.91 Å². The van der Waals surface area contributed by atoms with E-state index in [2.05, 4.69) is 10.3 Å². The summed E-state index contributed by atoms with van der Waals surface area (Å²) in [4.78, 5) is 18.5. The van der Waals surface area contributed by atoms with Crippen molar-refractivity contribution in [3.8, 4) is 11.3 Å². The zero-order valence-corrected chi connectivity index (χ0v) is 15.9. The van der Waals surface area contributed by atoms with E-state index in [-0.39, 0.29) is 30.7 Å². The van der Waals surface area contributed by atoms with Crippen molar-refractivity contribution in [1.29, 1.82) is 0 Å². The number of piperidine rings is 1. The van der Waals surface area contributed by atoms with Gasteiger partial charge in [-0.05, 0) is 50.9 Å². The van der Waals surface area contributed by atoms with E-state index < -0.39 is 0 Å². The van der Waals surface area contributed by atoms with Crippen molar-refractivity contribution in [2.24, 2.45) is 5.92 Å². The lowest BCUT2D eigenvalue weighted by molar-refractivity contribution is 0.0687. The molecule has 3 rings (SSSR count). The Hall–Kier alpha value is -1.56. The van der Waals surface area contributed by atoms with Crippen LogP contribution in [0, 0.1) is 5.92 Å². The Kier molecular flexibility index (Phi) is 8.97. The smallest absolute Gasteiger partial charge is 0.253 e. The quantitative estimate of drug-likeness (QED) is 0.852. The molecule has 0 radical (unpaired) electrons. The predicted octanol–water partition coefficient (Wildman–Crippen LogP) is 3.65. The number of amides is 1. The van der Waals surface area contributed by atoms with Crippen LogP contribution in [-0.4, -0.2) is 42.5 Å². The molecule has 138 valence electrons. The summed E-state index contributed by atoms with van der Waals surface area (Å²) in [7, 11) is 1.99. The lowest BCUT2D eigenvalue weighted by Gasteiger charge is -2.32. The molecule has 7 heteroatoms. The molecular weight excluding hydrogens is 361 g/mol. The Morgan fingerprint density at radius 2 is 1.92 bits per heavy atom. The van der Waals surface area contributed by atoms with Gasteiger partial charge in [-0.3, -0.25) is 4.79 Å². The average molecular weight is 386 g/mol. The first-order chi connectivity index (χ1) is 11.3. The monoisotopic (exact) mass is 385 g/mol. The van der Waals surface area contributed by atoms with E-state index in [9.17, 15) is 4.79 Å². The van der Waals surface area contributed by atoms with Gasteiger partial charge in [0.2, 0.25) is 0 Å². The van der Waals surface area contributed by atoms with Crippen LogP contribution in [-0.2, 0) is 0 Å². The first kappa shape index (κ1) is 21.5. The van der Waals surface area contributed by atoms with Gasteiger partial charge >= 0.3 is 0 Å². The maximum atomic E-state index is 12.6. The fourth-order valence-electron chi connectivity index (χ4n) is 3.09. The maximum Gasteiger partial charge on any atom is 0.253 e. The third-order valence-corrected chi connectivity index (χ3v) is 4.55. The van der Waals surface area contributed by atoms with Crippen LogP contribution in [0.4, 0.5) is 0 Å². The van der Waals surface area contributed by atoms with Crippen LogP contribution < -0.4 is 5.32 Å². The Morgan fingerprint density at radius 1 is 1.24 bits per heavy atom. The summed E-state index contributed by atoms with van der Waals surface area (Å²) in [5, 5.41) is 3.20. The van der Waals surface area contributed by atoms with Gasteiger partial charge in [-0.1, -0.05) is 12.1 Å². The Morgan fingerprint density at radius 3 is 2.48 bits per heavy atom.